The van der Waals surface area contributed by atoms with Gasteiger partial charge in [-0.15, -0.1) is 0 Å². The number of nitrogens with one attached hydrogen (secondary N) is 1. The van der Waals surface area contributed by atoms with E-state index < -0.39 is 0 Å². The van der Waals surface area contributed by atoms with Crippen LogP contribution in [0, 0.1) is 5.92 Å². The van der Waals surface area contributed by atoms with Gasteiger partial charge in [0.25, 0.3) is 0 Å². The van der Waals surface area contributed by atoms with Crippen molar-refractivity contribution in [3.63, 3.8) is 0 Å². The molecule has 0 bridgehead atoms. The van der Waals surface area contributed by atoms with Gasteiger partial charge in [0.05, 0.1) is 12.3 Å². The predicted octanol–water partition coefficient (Wildman–Crippen LogP) is 2.56. The first-order valence-corrected chi connectivity index (χ1v) is 8.20. The molecule has 1 N–H and O–H groups in total. The largest absolute Gasteiger partial charge is 0.353 e. The van der Waals surface area contributed by atoms with Crippen molar-refractivity contribution in [2.75, 3.05) is 6.54 Å². The summed E-state index contributed by atoms with van der Waals surface area (Å²) in [5, 5.41) is 8.80. The summed E-state index contributed by atoms with van der Waals surface area (Å²) in [7, 11) is 0. The van der Waals surface area contributed by atoms with E-state index in [4.69, 9.17) is 0 Å². The molecule has 0 aromatic heterocycles. The van der Waals surface area contributed by atoms with E-state index in [2.05, 4.69) is 24.3 Å². The maximum absolute atomic E-state index is 12.2. The summed E-state index contributed by atoms with van der Waals surface area (Å²) in [6.07, 6.45) is 1.16. The van der Waals surface area contributed by atoms with Crippen molar-refractivity contribution < 1.29 is 9.59 Å². The molecule has 1 heterocycles. The zero-order chi connectivity index (χ0) is 16.8. The molecule has 1 unspecified atom stereocenters. The van der Waals surface area contributed by atoms with E-state index >= 15 is 0 Å². The third-order valence-electron chi connectivity index (χ3n) is 4.15. The van der Waals surface area contributed by atoms with Crippen molar-refractivity contribution in [3.05, 3.63) is 35.9 Å². The molecule has 5 heteroatoms. The molecule has 5 nitrogen and oxygen atoms in total. The molecule has 0 saturated carbocycles. The zero-order valence-electron chi connectivity index (χ0n) is 14.1. The van der Waals surface area contributed by atoms with Crippen LogP contribution in [-0.4, -0.2) is 35.1 Å². The SMILES string of the molecule is CC(C)C(C)NC(=O)CCC(=O)N1CCC(c2ccccc2)=N1. The van der Waals surface area contributed by atoms with Gasteiger partial charge in [-0.05, 0) is 18.4 Å². The van der Waals surface area contributed by atoms with E-state index in [1.54, 1.807) is 0 Å². The normalized spacial score (nSPS) is 15.5. The van der Waals surface area contributed by atoms with E-state index in [1.807, 2.05) is 37.3 Å². The van der Waals surface area contributed by atoms with Crippen molar-refractivity contribution in [3.8, 4) is 0 Å². The molecule has 23 heavy (non-hydrogen) atoms. The van der Waals surface area contributed by atoms with E-state index in [9.17, 15) is 9.59 Å². The molecule has 1 aromatic carbocycles. The highest BCUT2D eigenvalue weighted by Crippen LogP contribution is 2.15. The number of carbonyl (C=O) groups is 2. The van der Waals surface area contributed by atoms with Crippen molar-refractivity contribution in [2.45, 2.75) is 46.1 Å². The van der Waals surface area contributed by atoms with Gasteiger partial charge in [-0.25, -0.2) is 5.01 Å². The number of benzene rings is 1. The fraction of sp³-hybridized carbons (Fsp3) is 0.500. The van der Waals surface area contributed by atoms with E-state index in [0.29, 0.717) is 12.5 Å². The molecule has 124 valence electrons. The van der Waals surface area contributed by atoms with Crippen LogP contribution in [0.5, 0.6) is 0 Å². The highest BCUT2D eigenvalue weighted by atomic mass is 16.2. The van der Waals surface area contributed by atoms with Gasteiger partial charge >= 0.3 is 0 Å². The molecule has 1 aromatic rings. The van der Waals surface area contributed by atoms with Crippen molar-refractivity contribution in [1.82, 2.24) is 10.3 Å². The smallest absolute Gasteiger partial charge is 0.243 e. The first kappa shape index (κ1) is 17.2. The van der Waals surface area contributed by atoms with Crippen molar-refractivity contribution in [1.29, 1.82) is 0 Å². The molecule has 0 radical (unpaired) electrons. The lowest BCUT2D eigenvalue weighted by atomic mass is 10.1. The van der Waals surface area contributed by atoms with Crippen LogP contribution in [0.1, 0.15) is 45.6 Å². The Morgan fingerprint density at radius 3 is 2.52 bits per heavy atom. The van der Waals surface area contributed by atoms with Gasteiger partial charge in [0.2, 0.25) is 11.8 Å². The average Bonchev–Trinajstić information content (AvgIpc) is 3.03. The minimum atomic E-state index is -0.0942. The molecule has 0 aliphatic carbocycles. The van der Waals surface area contributed by atoms with Crippen LogP contribution in [0.25, 0.3) is 0 Å². The Balaban J connectivity index is 1.83. The number of carbonyl (C=O) groups excluding carboxylic acids is 2. The van der Waals surface area contributed by atoms with Gasteiger partial charge in [0, 0.05) is 25.3 Å². The molecule has 0 fully saturated rings. The Kier molecular flexibility index (Phi) is 5.90. The first-order chi connectivity index (χ1) is 11.0. The van der Waals surface area contributed by atoms with Crippen molar-refractivity contribution >= 4 is 17.5 Å². The number of hydrazone groups is 1. The quantitative estimate of drug-likeness (QED) is 0.877. The number of hydrogen-bond acceptors (Lipinski definition) is 3. The van der Waals surface area contributed by atoms with Gasteiger partial charge in [-0.1, -0.05) is 44.2 Å². The van der Waals surface area contributed by atoms with Crippen LogP contribution in [0.4, 0.5) is 0 Å². The van der Waals surface area contributed by atoms with Crippen LogP contribution in [0.2, 0.25) is 0 Å². The zero-order valence-corrected chi connectivity index (χ0v) is 14.1. The second-order valence-corrected chi connectivity index (χ2v) is 6.28. The number of amides is 2. The first-order valence-electron chi connectivity index (χ1n) is 8.20. The van der Waals surface area contributed by atoms with Crippen LogP contribution in [-0.2, 0) is 9.59 Å². The minimum absolute atomic E-state index is 0.0778. The molecule has 1 aliphatic rings. The third-order valence-corrected chi connectivity index (χ3v) is 4.15. The van der Waals surface area contributed by atoms with Crippen LogP contribution >= 0.6 is 0 Å². The van der Waals surface area contributed by atoms with E-state index in [1.165, 1.54) is 5.01 Å². The Hall–Kier alpha value is -2.17. The Morgan fingerprint density at radius 1 is 1.17 bits per heavy atom. The lowest BCUT2D eigenvalue weighted by Gasteiger charge is -2.17. The summed E-state index contributed by atoms with van der Waals surface area (Å²) < 4.78 is 0. The Bertz CT molecular complexity index is 581. The second kappa shape index (κ2) is 7.90. The minimum Gasteiger partial charge on any atom is -0.353 e. The van der Waals surface area contributed by atoms with Gasteiger partial charge < -0.3 is 5.32 Å². The lowest BCUT2D eigenvalue weighted by molar-refractivity contribution is -0.133. The van der Waals surface area contributed by atoms with Gasteiger partial charge in [-0.3, -0.25) is 9.59 Å². The number of nitrogens with zero attached hydrogens (tertiary/aromatic N) is 2. The highest BCUT2D eigenvalue weighted by Gasteiger charge is 2.22. The maximum Gasteiger partial charge on any atom is 0.243 e. The number of rotatable bonds is 6. The van der Waals surface area contributed by atoms with Crippen molar-refractivity contribution in [2.24, 2.45) is 11.0 Å². The molecule has 1 atom stereocenters. The van der Waals surface area contributed by atoms with Gasteiger partial charge in [0.1, 0.15) is 0 Å². The predicted molar refractivity (Wildman–Crippen MR) is 91.0 cm³/mol. The summed E-state index contributed by atoms with van der Waals surface area (Å²) in [6, 6.07) is 9.98. The molecule has 0 saturated heterocycles. The molecule has 0 spiro atoms. The summed E-state index contributed by atoms with van der Waals surface area (Å²) in [5.74, 6) is 0.209. The molecule has 2 rings (SSSR count). The highest BCUT2D eigenvalue weighted by molar-refractivity contribution is 6.02. The average molecular weight is 315 g/mol. The molecule has 1 aliphatic heterocycles. The molecular weight excluding hydrogens is 290 g/mol. The molecule has 2 amide bonds. The molecular formula is C18H25N3O2. The fourth-order valence-electron chi connectivity index (χ4n) is 2.31. The third kappa shape index (κ3) is 4.91. The summed E-state index contributed by atoms with van der Waals surface area (Å²) in [5.41, 5.74) is 1.98. The summed E-state index contributed by atoms with van der Waals surface area (Å²) in [4.78, 5) is 24.0. The fourth-order valence-corrected chi connectivity index (χ4v) is 2.31. The summed E-state index contributed by atoms with van der Waals surface area (Å²) in [6.45, 7) is 6.68. The van der Waals surface area contributed by atoms with Crippen LogP contribution in [0.3, 0.4) is 0 Å². The van der Waals surface area contributed by atoms with E-state index in [0.717, 1.165) is 17.7 Å². The maximum atomic E-state index is 12.2. The standard InChI is InChI=1S/C18H25N3O2/c1-13(2)14(3)19-17(22)9-10-18(23)21-12-11-16(20-21)15-7-5-4-6-8-15/h4-8,13-14H,9-12H2,1-3H3,(H,19,22). The van der Waals surface area contributed by atoms with Gasteiger partial charge in [0.15, 0.2) is 0 Å². The number of hydrogen-bond donors (Lipinski definition) is 1. The van der Waals surface area contributed by atoms with Gasteiger partial charge in [-0.2, -0.15) is 5.10 Å². The summed E-state index contributed by atoms with van der Waals surface area (Å²) >= 11 is 0. The van der Waals surface area contributed by atoms with Crippen LogP contribution in [0.15, 0.2) is 35.4 Å². The Labute approximate surface area is 137 Å². The Morgan fingerprint density at radius 2 is 1.87 bits per heavy atom. The van der Waals surface area contributed by atoms with Crippen LogP contribution < -0.4 is 5.32 Å². The second-order valence-electron chi connectivity index (χ2n) is 6.28. The lowest BCUT2D eigenvalue weighted by Crippen LogP contribution is -2.36. The van der Waals surface area contributed by atoms with E-state index in [-0.39, 0.29) is 30.7 Å². The topological polar surface area (TPSA) is 61.8 Å². The monoisotopic (exact) mass is 315 g/mol.